The standard InChI is InChI=1S/C11H7BrCl2FN3O/c12-6-3-5(1-2-9(6)15)19-11-8(14)4-7(13)10(17-11)18-16/h1-4H,16H2,(H,17,18). The summed E-state index contributed by atoms with van der Waals surface area (Å²) in [6.07, 6.45) is 0. The van der Waals surface area contributed by atoms with Crippen molar-refractivity contribution in [1.82, 2.24) is 4.98 Å². The molecule has 0 radical (unpaired) electrons. The van der Waals surface area contributed by atoms with Crippen LogP contribution in [0.25, 0.3) is 0 Å². The van der Waals surface area contributed by atoms with Gasteiger partial charge in [-0.25, -0.2) is 10.2 Å². The molecule has 0 saturated carbocycles. The quantitative estimate of drug-likeness (QED) is 0.625. The fourth-order valence-electron chi connectivity index (χ4n) is 1.27. The third-order valence-corrected chi connectivity index (χ3v) is 3.31. The third kappa shape index (κ3) is 3.27. The lowest BCUT2D eigenvalue weighted by Crippen LogP contribution is -2.09. The first-order valence-corrected chi connectivity index (χ1v) is 6.51. The van der Waals surface area contributed by atoms with Gasteiger partial charge in [-0.1, -0.05) is 23.2 Å². The van der Waals surface area contributed by atoms with E-state index in [2.05, 4.69) is 26.3 Å². The van der Waals surface area contributed by atoms with E-state index < -0.39 is 5.82 Å². The topological polar surface area (TPSA) is 60.2 Å². The number of pyridine rings is 1. The van der Waals surface area contributed by atoms with Gasteiger partial charge >= 0.3 is 0 Å². The molecular weight excluding hydrogens is 360 g/mol. The zero-order valence-electron chi connectivity index (χ0n) is 9.25. The first-order chi connectivity index (χ1) is 9.01. The molecule has 100 valence electrons. The van der Waals surface area contributed by atoms with Gasteiger partial charge in [0.05, 0.1) is 9.50 Å². The molecule has 19 heavy (non-hydrogen) atoms. The van der Waals surface area contributed by atoms with Gasteiger partial charge in [0.25, 0.3) is 0 Å². The number of rotatable bonds is 3. The van der Waals surface area contributed by atoms with E-state index in [9.17, 15) is 4.39 Å². The smallest absolute Gasteiger partial charge is 0.240 e. The first kappa shape index (κ1) is 14.3. The third-order valence-electron chi connectivity index (χ3n) is 2.14. The van der Waals surface area contributed by atoms with E-state index in [4.69, 9.17) is 33.8 Å². The lowest BCUT2D eigenvalue weighted by atomic mass is 10.3. The van der Waals surface area contributed by atoms with Crippen LogP contribution in [0.5, 0.6) is 11.6 Å². The number of hydrogen-bond acceptors (Lipinski definition) is 4. The maximum Gasteiger partial charge on any atom is 0.240 e. The molecule has 1 aromatic carbocycles. The fourth-order valence-corrected chi connectivity index (χ4v) is 2.08. The van der Waals surface area contributed by atoms with Crippen LogP contribution in [0.15, 0.2) is 28.7 Å². The average Bonchev–Trinajstić information content (AvgIpc) is 2.37. The molecular formula is C11H7BrCl2FN3O. The number of hydrazine groups is 1. The van der Waals surface area contributed by atoms with Gasteiger partial charge in [-0.3, -0.25) is 0 Å². The Morgan fingerprint density at radius 1 is 1.26 bits per heavy atom. The maximum atomic E-state index is 13.1. The van der Waals surface area contributed by atoms with Gasteiger partial charge in [-0.05, 0) is 40.2 Å². The number of anilines is 1. The Morgan fingerprint density at radius 3 is 2.63 bits per heavy atom. The lowest BCUT2D eigenvalue weighted by Gasteiger charge is -2.10. The summed E-state index contributed by atoms with van der Waals surface area (Å²) >= 11 is 14.9. The second-order valence-corrected chi connectivity index (χ2v) is 5.10. The van der Waals surface area contributed by atoms with Crippen molar-refractivity contribution >= 4 is 44.9 Å². The largest absolute Gasteiger partial charge is 0.437 e. The normalized spacial score (nSPS) is 10.4. The lowest BCUT2D eigenvalue weighted by molar-refractivity contribution is 0.461. The Bertz CT molecular complexity index is 627. The van der Waals surface area contributed by atoms with Crippen LogP contribution in [-0.4, -0.2) is 4.98 Å². The van der Waals surface area contributed by atoms with E-state index >= 15 is 0 Å². The highest BCUT2D eigenvalue weighted by atomic mass is 79.9. The zero-order valence-corrected chi connectivity index (χ0v) is 12.4. The van der Waals surface area contributed by atoms with Gasteiger partial charge in [0.15, 0.2) is 5.82 Å². The van der Waals surface area contributed by atoms with Crippen molar-refractivity contribution in [2.24, 2.45) is 5.84 Å². The van der Waals surface area contributed by atoms with Crippen LogP contribution in [0.3, 0.4) is 0 Å². The average molecular weight is 367 g/mol. The van der Waals surface area contributed by atoms with Crippen LogP contribution in [0, 0.1) is 5.82 Å². The number of aromatic nitrogens is 1. The van der Waals surface area contributed by atoms with Gasteiger partial charge in [-0.2, -0.15) is 4.98 Å². The van der Waals surface area contributed by atoms with Crippen molar-refractivity contribution in [2.75, 3.05) is 5.43 Å². The molecule has 8 heteroatoms. The van der Waals surface area contributed by atoms with E-state index in [1.54, 1.807) is 0 Å². The van der Waals surface area contributed by atoms with Crippen molar-refractivity contribution in [3.63, 3.8) is 0 Å². The summed E-state index contributed by atoms with van der Waals surface area (Å²) in [5, 5.41) is 0.476. The molecule has 0 bridgehead atoms. The fraction of sp³-hybridized carbons (Fsp3) is 0. The molecule has 0 spiro atoms. The van der Waals surface area contributed by atoms with Crippen molar-refractivity contribution < 1.29 is 9.13 Å². The van der Waals surface area contributed by atoms with Crippen LogP contribution in [-0.2, 0) is 0 Å². The van der Waals surface area contributed by atoms with E-state index in [1.807, 2.05) is 0 Å². The number of benzene rings is 1. The molecule has 1 heterocycles. The molecule has 2 rings (SSSR count). The van der Waals surface area contributed by atoms with Gasteiger partial charge in [-0.15, -0.1) is 0 Å². The molecule has 0 amide bonds. The molecule has 0 atom stereocenters. The van der Waals surface area contributed by atoms with E-state index in [0.717, 1.165) is 0 Å². The SMILES string of the molecule is NNc1nc(Oc2ccc(F)c(Br)c2)c(Cl)cc1Cl. The van der Waals surface area contributed by atoms with Crippen LogP contribution >= 0.6 is 39.1 Å². The summed E-state index contributed by atoms with van der Waals surface area (Å²) in [6, 6.07) is 5.60. The highest BCUT2D eigenvalue weighted by Crippen LogP contribution is 2.34. The van der Waals surface area contributed by atoms with E-state index in [0.29, 0.717) is 5.75 Å². The van der Waals surface area contributed by atoms with Gasteiger partial charge in [0.1, 0.15) is 16.6 Å². The first-order valence-electron chi connectivity index (χ1n) is 4.97. The number of nitrogens with one attached hydrogen (secondary N) is 1. The van der Waals surface area contributed by atoms with E-state index in [-0.39, 0.29) is 26.2 Å². The van der Waals surface area contributed by atoms with Crippen LogP contribution in [0.4, 0.5) is 10.2 Å². The molecule has 2 aromatic rings. The Balaban J connectivity index is 2.34. The maximum absolute atomic E-state index is 13.1. The number of halogens is 4. The summed E-state index contributed by atoms with van der Waals surface area (Å²) in [5.74, 6) is 5.56. The van der Waals surface area contributed by atoms with Gasteiger partial charge < -0.3 is 10.2 Å². The Morgan fingerprint density at radius 2 is 2.00 bits per heavy atom. The molecule has 1 aromatic heterocycles. The number of nitrogen functional groups attached to an aromatic ring is 1. The Kier molecular flexibility index (Phi) is 4.46. The number of ether oxygens (including phenoxy) is 1. The predicted octanol–water partition coefficient (Wildman–Crippen LogP) is 4.37. The molecule has 0 fully saturated rings. The highest BCUT2D eigenvalue weighted by molar-refractivity contribution is 9.10. The highest BCUT2D eigenvalue weighted by Gasteiger charge is 2.11. The minimum Gasteiger partial charge on any atom is -0.437 e. The van der Waals surface area contributed by atoms with Crippen molar-refractivity contribution in [3.05, 3.63) is 44.6 Å². The van der Waals surface area contributed by atoms with Crippen LogP contribution in [0.1, 0.15) is 0 Å². The molecule has 0 aliphatic rings. The molecule has 0 aliphatic carbocycles. The van der Waals surface area contributed by atoms with Crippen molar-refractivity contribution in [1.29, 1.82) is 0 Å². The molecule has 3 N–H and O–H groups in total. The Hall–Kier alpha value is -1.08. The summed E-state index contributed by atoms with van der Waals surface area (Å²) < 4.78 is 18.8. The minimum absolute atomic E-state index is 0.109. The summed E-state index contributed by atoms with van der Waals surface area (Å²) in [5.41, 5.74) is 2.32. The summed E-state index contributed by atoms with van der Waals surface area (Å²) in [7, 11) is 0. The monoisotopic (exact) mass is 365 g/mol. The second kappa shape index (κ2) is 5.92. The molecule has 0 aliphatic heterocycles. The molecule has 0 unspecified atom stereocenters. The van der Waals surface area contributed by atoms with Crippen LogP contribution in [0.2, 0.25) is 10.0 Å². The van der Waals surface area contributed by atoms with Crippen LogP contribution < -0.4 is 16.0 Å². The number of nitrogens with zero attached hydrogens (tertiary/aromatic N) is 1. The zero-order chi connectivity index (χ0) is 14.0. The molecule has 0 saturated heterocycles. The van der Waals surface area contributed by atoms with E-state index in [1.165, 1.54) is 24.3 Å². The Labute approximate surface area is 126 Å². The van der Waals surface area contributed by atoms with Gasteiger partial charge in [0.2, 0.25) is 5.88 Å². The predicted molar refractivity (Wildman–Crippen MR) is 76.2 cm³/mol. The van der Waals surface area contributed by atoms with Crippen molar-refractivity contribution in [2.45, 2.75) is 0 Å². The summed E-state index contributed by atoms with van der Waals surface area (Å²) in [4.78, 5) is 4.01. The number of nitrogens with two attached hydrogens (primary N) is 1. The minimum atomic E-state index is -0.396. The summed E-state index contributed by atoms with van der Waals surface area (Å²) in [6.45, 7) is 0. The molecule has 4 nitrogen and oxygen atoms in total. The number of hydrogen-bond donors (Lipinski definition) is 2. The second-order valence-electron chi connectivity index (χ2n) is 3.43. The van der Waals surface area contributed by atoms with Crippen molar-refractivity contribution in [3.8, 4) is 11.6 Å². The van der Waals surface area contributed by atoms with Gasteiger partial charge in [0, 0.05) is 0 Å².